The molecule has 2 aliphatic carbocycles. The van der Waals surface area contributed by atoms with Crippen LogP contribution in [0.1, 0.15) is 96.1 Å². The lowest BCUT2D eigenvalue weighted by Crippen LogP contribution is -2.53. The Morgan fingerprint density at radius 2 is 1.20 bits per heavy atom. The summed E-state index contributed by atoms with van der Waals surface area (Å²) in [5.41, 5.74) is 2.55. The molecule has 2 aromatic carbocycles. The molecule has 2 aromatic rings. The number of ketones is 1. The van der Waals surface area contributed by atoms with Crippen molar-refractivity contribution >= 4 is 35.4 Å². The molecule has 3 saturated heterocycles. The molecule has 3 heterocycles. The van der Waals surface area contributed by atoms with Gasteiger partial charge in [0.25, 0.3) is 0 Å². The lowest BCUT2D eigenvalue weighted by molar-refractivity contribution is -0.155. The van der Waals surface area contributed by atoms with Gasteiger partial charge in [0.2, 0.25) is 17.7 Å². The minimum Gasteiger partial charge on any atom is -0.465 e. The number of amides is 3. The molecular weight excluding hydrogens is 841 g/mol. The van der Waals surface area contributed by atoms with Crippen LogP contribution in [0, 0.1) is 35.5 Å². The average molecular weight is 913 g/mol. The summed E-state index contributed by atoms with van der Waals surface area (Å²) in [6.07, 6.45) is 6.49. The van der Waals surface area contributed by atoms with Gasteiger partial charge in [-0.05, 0) is 94.7 Å². The molecule has 3 unspecified atom stereocenters. The highest BCUT2D eigenvalue weighted by Crippen LogP contribution is 2.46. The molecule has 3 amide bonds. The number of rotatable bonds is 13. The van der Waals surface area contributed by atoms with Gasteiger partial charge >= 0.3 is 11.9 Å². The molecule has 360 valence electrons. The lowest BCUT2D eigenvalue weighted by Gasteiger charge is -2.29. The van der Waals surface area contributed by atoms with Gasteiger partial charge in [-0.15, -0.1) is 0 Å². The Morgan fingerprint density at radius 1 is 0.697 bits per heavy atom. The van der Waals surface area contributed by atoms with Crippen LogP contribution in [0.3, 0.4) is 0 Å². The maximum atomic E-state index is 14.7. The van der Waals surface area contributed by atoms with Crippen LogP contribution in [0.25, 0.3) is 0 Å². The Bertz CT molecular complexity index is 1830. The number of ether oxygens (including phenoxy) is 4. The summed E-state index contributed by atoms with van der Waals surface area (Å²) in [4.78, 5) is 86.0. The first-order chi connectivity index (χ1) is 31.9. The van der Waals surface area contributed by atoms with E-state index in [-0.39, 0.29) is 91.4 Å². The Balaban J connectivity index is 1.12. The molecule has 0 spiro atoms. The molecule has 5 aliphatic rings. The molecule has 14 nitrogen and oxygen atoms in total. The molecule has 5 fully saturated rings. The third-order valence-electron chi connectivity index (χ3n) is 15.3. The summed E-state index contributed by atoms with van der Waals surface area (Å²) in [7, 11) is 1.68. The number of nitrogens with one attached hydrogen (secondary N) is 2. The third-order valence-corrected chi connectivity index (χ3v) is 15.3. The van der Waals surface area contributed by atoms with Crippen LogP contribution >= 0.6 is 0 Å². The van der Waals surface area contributed by atoms with Crippen LogP contribution in [-0.2, 0) is 60.6 Å². The number of carbonyl (C=O) groups excluding carboxylic acids is 6. The normalized spacial score (nSPS) is 30.9. The van der Waals surface area contributed by atoms with Crippen molar-refractivity contribution in [1.82, 2.24) is 20.4 Å². The van der Waals surface area contributed by atoms with Crippen molar-refractivity contribution in [2.45, 2.75) is 134 Å². The zero-order valence-corrected chi connectivity index (χ0v) is 39.4. The summed E-state index contributed by atoms with van der Waals surface area (Å²) in [5.74, 6) is -2.88. The van der Waals surface area contributed by atoms with Crippen LogP contribution in [0.2, 0.25) is 0 Å². The Labute approximate surface area is 390 Å². The predicted octanol–water partition coefficient (Wildman–Crippen LogP) is 5.09. The van der Waals surface area contributed by atoms with Crippen molar-refractivity contribution in [1.29, 1.82) is 0 Å². The van der Waals surface area contributed by atoms with E-state index in [1.54, 1.807) is 20.9 Å². The average Bonchev–Trinajstić information content (AvgIpc) is 4.11. The number of hydrogen-bond acceptors (Lipinski definition) is 11. The number of fused-ring (bicyclic) bond motifs is 10. The number of esters is 2. The van der Waals surface area contributed by atoms with Gasteiger partial charge in [0.15, 0.2) is 0 Å². The van der Waals surface area contributed by atoms with Crippen molar-refractivity contribution in [3.05, 3.63) is 71.8 Å². The van der Waals surface area contributed by atoms with Crippen LogP contribution in [0.4, 0.5) is 0 Å². The number of aryl methyl sites for hydroxylation is 2. The van der Waals surface area contributed by atoms with Crippen molar-refractivity contribution in [3.8, 4) is 0 Å². The van der Waals surface area contributed by atoms with E-state index in [0.717, 1.165) is 51.4 Å². The fourth-order valence-corrected chi connectivity index (χ4v) is 11.1. The van der Waals surface area contributed by atoms with Crippen molar-refractivity contribution in [2.24, 2.45) is 35.5 Å². The first kappa shape index (κ1) is 49.3. The highest BCUT2D eigenvalue weighted by Gasteiger charge is 2.53. The van der Waals surface area contributed by atoms with Gasteiger partial charge in [0.05, 0.1) is 50.2 Å². The Hall–Kier alpha value is -4.66. The van der Waals surface area contributed by atoms with Gasteiger partial charge in [-0.2, -0.15) is 0 Å². The molecule has 66 heavy (non-hydrogen) atoms. The number of cyclic esters (lactones) is 2. The van der Waals surface area contributed by atoms with E-state index in [1.807, 2.05) is 28.9 Å². The topological polar surface area (TPSA) is 170 Å². The Morgan fingerprint density at radius 3 is 1.70 bits per heavy atom. The monoisotopic (exact) mass is 913 g/mol. The van der Waals surface area contributed by atoms with Gasteiger partial charge in [-0.1, -0.05) is 74.5 Å². The second-order valence-electron chi connectivity index (χ2n) is 19.6. The lowest BCUT2D eigenvalue weighted by atomic mass is 9.95. The molecule has 0 radical (unpaired) electrons. The van der Waals surface area contributed by atoms with Crippen molar-refractivity contribution in [2.75, 3.05) is 46.6 Å². The fourth-order valence-electron chi connectivity index (χ4n) is 11.1. The van der Waals surface area contributed by atoms with Crippen molar-refractivity contribution in [3.63, 3.8) is 0 Å². The van der Waals surface area contributed by atoms with Crippen LogP contribution in [0.15, 0.2) is 60.7 Å². The third kappa shape index (κ3) is 12.5. The molecule has 7 rings (SSSR count). The fraction of sp³-hybridized carbons (Fsp3) is 0.654. The Kier molecular flexibility index (Phi) is 17.4. The zero-order chi connectivity index (χ0) is 46.7. The molecule has 4 bridgehead atoms. The van der Waals surface area contributed by atoms with E-state index < -0.39 is 36.5 Å². The standard InChI is InChI=1S/C52H72N4O10/c1-5-33(2)50(60)54-42-32-66-49(59)21-20-48(58)65-31-39(28-45(57)34(3)53-4)51(61)55-29-46(40-24-37(26-43(40)55)18-16-35-12-8-6-9-13-35)63-22-23-64-47-30-56(52(42)62)44-27-38(25-41(44)47)19-17-36-14-10-7-11-15-36/h6-15,33-34,37-44,46-47,53H,5,16-32H2,1-4H3,(H,54,60)/t33-,34+,37?,38?,39?,40+,41+,42+,43-,44-,46-,47-/m1/s1. The molecule has 0 aromatic heterocycles. The molecule has 2 saturated carbocycles. The van der Waals surface area contributed by atoms with Gasteiger partial charge in [0, 0.05) is 49.3 Å². The molecule has 14 heteroatoms. The zero-order valence-electron chi connectivity index (χ0n) is 39.4. The van der Waals surface area contributed by atoms with Gasteiger partial charge < -0.3 is 39.4 Å². The van der Waals surface area contributed by atoms with Gasteiger partial charge in [0.1, 0.15) is 25.0 Å². The number of hydrogen-bond donors (Lipinski definition) is 2. The predicted molar refractivity (Wildman–Crippen MR) is 247 cm³/mol. The number of carbonyl (C=O) groups is 6. The van der Waals surface area contributed by atoms with Gasteiger partial charge in [-0.3, -0.25) is 28.8 Å². The number of Topliss-reactive ketones (excluding diaryl/α,β-unsaturated/α-hetero) is 1. The minimum absolute atomic E-state index is 0.0743. The number of nitrogens with zero attached hydrogens (tertiary/aromatic N) is 2. The molecule has 12 atom stereocenters. The van der Waals surface area contributed by atoms with E-state index in [0.29, 0.717) is 44.6 Å². The second kappa shape index (κ2) is 23.4. The van der Waals surface area contributed by atoms with Crippen LogP contribution < -0.4 is 10.6 Å². The first-order valence-electron chi connectivity index (χ1n) is 24.7. The minimum atomic E-state index is -1.13. The maximum absolute atomic E-state index is 14.7. The van der Waals surface area contributed by atoms with Crippen molar-refractivity contribution < 1.29 is 47.7 Å². The summed E-state index contributed by atoms with van der Waals surface area (Å²) < 4.78 is 24.7. The summed E-state index contributed by atoms with van der Waals surface area (Å²) in [6.45, 7) is 5.99. The second-order valence-corrected chi connectivity index (χ2v) is 19.6. The van der Waals surface area contributed by atoms with Crippen LogP contribution in [0.5, 0.6) is 0 Å². The molecular formula is C52H72N4O10. The number of likely N-dealkylation sites (N-methyl/N-ethyl adjacent to an activating group) is 1. The molecule has 3 aliphatic heterocycles. The summed E-state index contributed by atoms with van der Waals surface area (Å²) in [6, 6.07) is 19.0. The largest absolute Gasteiger partial charge is 0.465 e. The SMILES string of the molecule is CC[C@@H](C)C(=O)N[C@H]1COC(=O)CCC(=O)OCC(CC(=O)[C@H](C)NC)C(=O)N2C[C@@H](OCCO[C@@H]3CN(C1=O)[C@@H]1CC(CCc4ccccc4)C[C@@H]13)[C@H]1CC(CCc3ccccc3)C[C@H]12. The quantitative estimate of drug-likeness (QED) is 0.257. The highest BCUT2D eigenvalue weighted by molar-refractivity contribution is 5.91. The maximum Gasteiger partial charge on any atom is 0.306 e. The van der Waals surface area contributed by atoms with E-state index in [9.17, 15) is 28.8 Å². The number of benzene rings is 2. The molecule has 2 N–H and O–H groups in total. The van der Waals surface area contributed by atoms with E-state index in [1.165, 1.54) is 11.1 Å². The summed E-state index contributed by atoms with van der Waals surface area (Å²) in [5, 5.41) is 5.84. The van der Waals surface area contributed by atoms with Gasteiger partial charge in [-0.25, -0.2) is 0 Å². The van der Waals surface area contributed by atoms with E-state index >= 15 is 0 Å². The van der Waals surface area contributed by atoms with E-state index in [4.69, 9.17) is 18.9 Å². The van der Waals surface area contributed by atoms with Crippen LogP contribution in [-0.4, -0.2) is 128 Å². The van der Waals surface area contributed by atoms with E-state index in [2.05, 4.69) is 59.2 Å². The first-order valence-corrected chi connectivity index (χ1v) is 24.7. The summed E-state index contributed by atoms with van der Waals surface area (Å²) >= 11 is 0. The smallest absolute Gasteiger partial charge is 0.306 e. The highest BCUT2D eigenvalue weighted by atomic mass is 16.5.